The van der Waals surface area contributed by atoms with E-state index in [-0.39, 0.29) is 5.96 Å². The fraction of sp³-hybridized carbons (Fsp3) is 0.235. The first-order valence-corrected chi connectivity index (χ1v) is 7.25. The molecular weight excluding hydrogens is 292 g/mol. The molecule has 0 aliphatic heterocycles. The fourth-order valence-corrected chi connectivity index (χ4v) is 2.34. The van der Waals surface area contributed by atoms with E-state index in [9.17, 15) is 9.90 Å². The van der Waals surface area contributed by atoms with Crippen molar-refractivity contribution in [3.8, 4) is 0 Å². The number of nitrogens with two attached hydrogens (primary N) is 2. The van der Waals surface area contributed by atoms with Gasteiger partial charge in [-0.05, 0) is 30.2 Å². The number of rotatable bonds is 3. The lowest BCUT2D eigenvalue weighted by molar-refractivity contribution is -0.113. The van der Waals surface area contributed by atoms with E-state index in [1.807, 2.05) is 19.9 Å². The SMILES string of the molecule is C=CC1=C(/C=C/C(=O)N=C(N)N)C(C)(O)c2ncccc21.CC. The van der Waals surface area contributed by atoms with Gasteiger partial charge in [-0.25, -0.2) is 0 Å². The van der Waals surface area contributed by atoms with E-state index in [0.717, 1.165) is 11.1 Å². The Hall–Kier alpha value is -2.73. The quantitative estimate of drug-likeness (QED) is 0.445. The molecule has 0 spiro atoms. The van der Waals surface area contributed by atoms with Crippen LogP contribution in [0.25, 0.3) is 5.57 Å². The highest BCUT2D eigenvalue weighted by atomic mass is 16.3. The third kappa shape index (κ3) is 3.73. The zero-order chi connectivity index (χ0) is 17.6. The summed E-state index contributed by atoms with van der Waals surface area (Å²) < 4.78 is 0. The number of fused-ring (bicyclic) bond motifs is 1. The number of nitrogens with zero attached hydrogens (tertiary/aromatic N) is 2. The minimum absolute atomic E-state index is 0.314. The lowest BCUT2D eigenvalue weighted by atomic mass is 9.95. The van der Waals surface area contributed by atoms with Crippen LogP contribution in [0.5, 0.6) is 0 Å². The summed E-state index contributed by atoms with van der Waals surface area (Å²) >= 11 is 0. The van der Waals surface area contributed by atoms with E-state index >= 15 is 0 Å². The maximum absolute atomic E-state index is 11.5. The van der Waals surface area contributed by atoms with Crippen molar-refractivity contribution in [2.24, 2.45) is 16.5 Å². The molecule has 1 aromatic rings. The second kappa shape index (κ2) is 7.51. The minimum Gasteiger partial charge on any atom is -0.379 e. The molecule has 1 unspecified atom stereocenters. The molecule has 0 fully saturated rings. The van der Waals surface area contributed by atoms with Crippen molar-refractivity contribution >= 4 is 17.4 Å². The number of guanidine groups is 1. The molecule has 6 nitrogen and oxygen atoms in total. The molecule has 1 heterocycles. The van der Waals surface area contributed by atoms with Crippen LogP contribution < -0.4 is 11.5 Å². The molecular formula is C17H22N4O2. The maximum atomic E-state index is 11.5. The molecule has 5 N–H and O–H groups in total. The van der Waals surface area contributed by atoms with Crippen LogP contribution in [0.4, 0.5) is 0 Å². The van der Waals surface area contributed by atoms with Crippen LogP contribution in [0.3, 0.4) is 0 Å². The Morgan fingerprint density at radius 1 is 1.43 bits per heavy atom. The first-order chi connectivity index (χ1) is 10.9. The van der Waals surface area contributed by atoms with Crippen LogP contribution >= 0.6 is 0 Å². The Kier molecular flexibility index (Phi) is 5.98. The van der Waals surface area contributed by atoms with Gasteiger partial charge in [-0.2, -0.15) is 4.99 Å². The number of hydrogen-bond donors (Lipinski definition) is 3. The minimum atomic E-state index is -1.31. The first-order valence-electron chi connectivity index (χ1n) is 7.25. The Bertz CT molecular complexity index is 696. The van der Waals surface area contributed by atoms with Crippen molar-refractivity contribution in [1.29, 1.82) is 0 Å². The summed E-state index contributed by atoms with van der Waals surface area (Å²) in [6.45, 7) is 9.36. The van der Waals surface area contributed by atoms with E-state index < -0.39 is 11.5 Å². The Morgan fingerprint density at radius 2 is 2.09 bits per heavy atom. The summed E-state index contributed by atoms with van der Waals surface area (Å²) in [5.74, 6) is -0.920. The van der Waals surface area contributed by atoms with Gasteiger partial charge in [0.05, 0.1) is 5.69 Å². The fourth-order valence-electron chi connectivity index (χ4n) is 2.34. The number of amides is 1. The highest BCUT2D eigenvalue weighted by Gasteiger charge is 2.38. The van der Waals surface area contributed by atoms with Crippen molar-refractivity contribution in [2.45, 2.75) is 26.4 Å². The molecule has 1 aromatic heterocycles. The van der Waals surface area contributed by atoms with Crippen LogP contribution in [-0.4, -0.2) is 22.0 Å². The van der Waals surface area contributed by atoms with Crippen LogP contribution in [0.1, 0.15) is 32.0 Å². The zero-order valence-corrected chi connectivity index (χ0v) is 13.6. The van der Waals surface area contributed by atoms with Gasteiger partial charge in [0.1, 0.15) is 5.60 Å². The molecule has 2 rings (SSSR count). The largest absolute Gasteiger partial charge is 0.379 e. The molecule has 6 heteroatoms. The number of aromatic nitrogens is 1. The predicted octanol–water partition coefficient (Wildman–Crippen LogP) is 1.62. The number of hydrogen-bond acceptors (Lipinski definition) is 3. The second-order valence-electron chi connectivity index (χ2n) is 4.71. The van der Waals surface area contributed by atoms with E-state index in [2.05, 4.69) is 16.6 Å². The van der Waals surface area contributed by atoms with Gasteiger partial charge < -0.3 is 16.6 Å². The Morgan fingerprint density at radius 3 is 2.65 bits per heavy atom. The standard InChI is InChI=1S/C15H16N4O2.C2H6/c1-3-9-10-5-4-8-18-13(10)15(2,21)11(9)6-7-12(20)19-14(16)17;1-2/h3-8,21H,1H2,2H3,(H4,16,17,19,20);1-2H3/b7-6+;. The number of aliphatic imine (C=N–C) groups is 1. The summed E-state index contributed by atoms with van der Waals surface area (Å²) in [6.07, 6.45) is 5.89. The predicted molar refractivity (Wildman–Crippen MR) is 92.2 cm³/mol. The van der Waals surface area contributed by atoms with Crippen molar-refractivity contribution in [3.05, 3.63) is 60.0 Å². The molecule has 23 heavy (non-hydrogen) atoms. The molecule has 0 bridgehead atoms. The number of pyridine rings is 1. The average molecular weight is 314 g/mol. The number of allylic oxidation sites excluding steroid dienone is 2. The molecule has 0 saturated heterocycles. The number of aliphatic hydroxyl groups is 1. The third-order valence-corrected chi connectivity index (χ3v) is 3.21. The molecule has 0 saturated carbocycles. The third-order valence-electron chi connectivity index (χ3n) is 3.21. The van der Waals surface area contributed by atoms with E-state index in [0.29, 0.717) is 11.3 Å². The van der Waals surface area contributed by atoms with Gasteiger partial charge in [0.15, 0.2) is 5.96 Å². The van der Waals surface area contributed by atoms with Crippen molar-refractivity contribution in [1.82, 2.24) is 4.98 Å². The lowest BCUT2D eigenvalue weighted by Gasteiger charge is -2.19. The van der Waals surface area contributed by atoms with Gasteiger partial charge in [0, 0.05) is 17.8 Å². The van der Waals surface area contributed by atoms with Crippen LogP contribution in [0.15, 0.2) is 53.7 Å². The summed E-state index contributed by atoms with van der Waals surface area (Å²) in [7, 11) is 0. The second-order valence-corrected chi connectivity index (χ2v) is 4.71. The topological polar surface area (TPSA) is 115 Å². The Labute approximate surface area is 135 Å². The molecule has 1 aliphatic rings. The smallest absolute Gasteiger partial charge is 0.272 e. The van der Waals surface area contributed by atoms with Crippen molar-refractivity contribution < 1.29 is 9.90 Å². The summed E-state index contributed by atoms with van der Waals surface area (Å²) in [5, 5.41) is 10.7. The number of carbonyl (C=O) groups is 1. The first kappa shape index (κ1) is 18.3. The lowest BCUT2D eigenvalue weighted by Crippen LogP contribution is -2.24. The molecule has 122 valence electrons. The van der Waals surface area contributed by atoms with Crippen LogP contribution in [0, 0.1) is 0 Å². The summed E-state index contributed by atoms with van der Waals surface area (Å²) in [6, 6.07) is 3.61. The highest BCUT2D eigenvalue weighted by Crippen LogP contribution is 2.44. The van der Waals surface area contributed by atoms with E-state index in [1.165, 1.54) is 12.2 Å². The molecule has 0 radical (unpaired) electrons. The van der Waals surface area contributed by atoms with E-state index in [4.69, 9.17) is 11.5 Å². The maximum Gasteiger partial charge on any atom is 0.272 e. The van der Waals surface area contributed by atoms with Gasteiger partial charge in [-0.1, -0.05) is 32.6 Å². The molecule has 1 aliphatic carbocycles. The van der Waals surface area contributed by atoms with Gasteiger partial charge in [0.2, 0.25) is 0 Å². The molecule has 0 aromatic carbocycles. The highest BCUT2D eigenvalue weighted by molar-refractivity contribution is 5.98. The average Bonchev–Trinajstić information content (AvgIpc) is 2.74. The van der Waals surface area contributed by atoms with Crippen molar-refractivity contribution in [2.75, 3.05) is 0 Å². The van der Waals surface area contributed by atoms with Gasteiger partial charge in [-0.3, -0.25) is 9.78 Å². The van der Waals surface area contributed by atoms with Crippen LogP contribution in [-0.2, 0) is 10.4 Å². The van der Waals surface area contributed by atoms with Gasteiger partial charge in [-0.15, -0.1) is 0 Å². The Balaban J connectivity index is 0.00000127. The van der Waals surface area contributed by atoms with Crippen molar-refractivity contribution in [3.63, 3.8) is 0 Å². The zero-order valence-electron chi connectivity index (χ0n) is 13.6. The van der Waals surface area contributed by atoms with Crippen LogP contribution in [0.2, 0.25) is 0 Å². The monoisotopic (exact) mass is 314 g/mol. The molecule has 1 atom stereocenters. The van der Waals surface area contributed by atoms with Gasteiger partial charge in [0.25, 0.3) is 5.91 Å². The summed E-state index contributed by atoms with van der Waals surface area (Å²) in [4.78, 5) is 19.1. The molecule has 1 amide bonds. The van der Waals surface area contributed by atoms with Gasteiger partial charge >= 0.3 is 0 Å². The van der Waals surface area contributed by atoms with E-state index in [1.54, 1.807) is 25.3 Å². The normalized spacial score (nSPS) is 19.0. The number of carbonyl (C=O) groups excluding carboxylic acids is 1. The summed E-state index contributed by atoms with van der Waals surface area (Å²) in [5.41, 5.74) is 11.5.